The Bertz CT molecular complexity index is 1300. The summed E-state index contributed by atoms with van der Waals surface area (Å²) in [6.07, 6.45) is 3.32. The molecule has 0 N–H and O–H groups in total. The quantitative estimate of drug-likeness (QED) is 0.460. The number of hydrogen-bond acceptors (Lipinski definition) is 5. The van der Waals surface area contributed by atoms with Crippen LogP contribution in [0.1, 0.15) is 33.4 Å². The average molecular weight is 459 g/mol. The molecular weight excluding hydrogens is 436 g/mol. The molecule has 0 fully saturated rings. The number of carbonyl (C=O) groups excluding carboxylic acids is 1. The maximum Gasteiger partial charge on any atom is 0.269 e. The van der Waals surface area contributed by atoms with E-state index in [9.17, 15) is 4.79 Å². The molecule has 7 heteroatoms. The summed E-state index contributed by atoms with van der Waals surface area (Å²) in [5, 5.41) is 9.84. The molecule has 3 aromatic rings. The van der Waals surface area contributed by atoms with Gasteiger partial charge in [-0.3, -0.25) is 9.73 Å². The van der Waals surface area contributed by atoms with Gasteiger partial charge in [-0.2, -0.15) is 10.0 Å². The van der Waals surface area contributed by atoms with Gasteiger partial charge in [-0.15, -0.1) is 0 Å². The van der Waals surface area contributed by atoms with Gasteiger partial charge in [-0.25, -0.2) is 0 Å². The summed E-state index contributed by atoms with van der Waals surface area (Å²) < 4.78 is 0. The molecule has 33 heavy (non-hydrogen) atoms. The second-order valence-electron chi connectivity index (χ2n) is 8.13. The predicted molar refractivity (Wildman–Crippen MR) is 132 cm³/mol. The lowest BCUT2D eigenvalue weighted by Crippen LogP contribution is -2.49. The van der Waals surface area contributed by atoms with Gasteiger partial charge in [-0.1, -0.05) is 54.1 Å². The molecule has 1 amide bonds. The van der Waals surface area contributed by atoms with Crippen molar-refractivity contribution in [3.63, 3.8) is 0 Å². The first-order chi connectivity index (χ1) is 15.9. The van der Waals surface area contributed by atoms with Crippen LogP contribution in [0.4, 0.5) is 11.4 Å². The van der Waals surface area contributed by atoms with Crippen LogP contribution in [0.2, 0.25) is 5.02 Å². The number of amides is 1. The molecule has 0 saturated carbocycles. The molecule has 166 valence electrons. The molecule has 3 aromatic carbocycles. The zero-order valence-electron chi connectivity index (χ0n) is 18.8. The molecular formula is C26H23ClN4O2. The molecule has 0 bridgehead atoms. The summed E-state index contributed by atoms with van der Waals surface area (Å²) in [6, 6.07) is 17.3. The van der Waals surface area contributed by atoms with Crippen molar-refractivity contribution in [1.29, 1.82) is 0 Å². The van der Waals surface area contributed by atoms with Gasteiger partial charge in [0.15, 0.2) is 0 Å². The standard InChI is InChI=1S/C26H23ClN4O2/c1-16-18(3)25(27)19(4)17(2)24(16)26-28-33-31-29(21-12-8-9-13-22(21)30(26)31)23(32)15-14-20-10-6-5-7-11-20/h5-15H,1-4H3/b15-14+. The first-order valence-electron chi connectivity index (χ1n) is 10.7. The Morgan fingerprint density at radius 3 is 2.15 bits per heavy atom. The van der Waals surface area contributed by atoms with Gasteiger partial charge in [0.25, 0.3) is 5.91 Å². The summed E-state index contributed by atoms with van der Waals surface area (Å²) in [7, 11) is 0. The molecule has 2 aliphatic heterocycles. The zero-order valence-corrected chi connectivity index (χ0v) is 19.6. The molecule has 2 aliphatic rings. The van der Waals surface area contributed by atoms with Gasteiger partial charge in [0.1, 0.15) is 0 Å². The second kappa shape index (κ2) is 8.06. The molecule has 0 radical (unpaired) electrons. The highest BCUT2D eigenvalue weighted by Gasteiger charge is 2.47. The van der Waals surface area contributed by atoms with E-state index >= 15 is 0 Å². The Morgan fingerprint density at radius 2 is 1.48 bits per heavy atom. The van der Waals surface area contributed by atoms with Crippen LogP contribution < -0.4 is 10.0 Å². The van der Waals surface area contributed by atoms with Gasteiger partial charge in [0, 0.05) is 16.7 Å². The highest BCUT2D eigenvalue weighted by Crippen LogP contribution is 2.43. The molecule has 2 heterocycles. The smallest absolute Gasteiger partial charge is 0.268 e. The SMILES string of the molecule is Cc1c(C)c(C2=NON3N(C(=O)/C=C/c4ccccc4)c4ccccc4N23)c(C)c(C)c1Cl. The number of rotatable bonds is 3. The maximum atomic E-state index is 13.3. The summed E-state index contributed by atoms with van der Waals surface area (Å²) in [5.74, 6) is 0.366. The van der Waals surface area contributed by atoms with Crippen molar-refractivity contribution in [1.82, 2.24) is 5.28 Å². The Kier molecular flexibility index (Phi) is 5.19. The number of hydrogen-bond donors (Lipinski definition) is 0. The van der Waals surface area contributed by atoms with E-state index in [1.54, 1.807) is 6.08 Å². The van der Waals surface area contributed by atoms with Crippen LogP contribution in [0.15, 0.2) is 65.8 Å². The Balaban J connectivity index is 1.56. The van der Waals surface area contributed by atoms with E-state index in [4.69, 9.17) is 16.5 Å². The van der Waals surface area contributed by atoms with Crippen molar-refractivity contribution in [3.05, 3.63) is 99.1 Å². The van der Waals surface area contributed by atoms with Crippen LogP contribution in [0, 0.1) is 27.7 Å². The summed E-state index contributed by atoms with van der Waals surface area (Å²) >= 11 is 6.55. The lowest BCUT2D eigenvalue weighted by atomic mass is 9.93. The van der Waals surface area contributed by atoms with Crippen LogP contribution in [-0.2, 0) is 9.73 Å². The minimum absolute atomic E-state index is 0.248. The highest BCUT2D eigenvalue weighted by atomic mass is 35.5. The number of benzene rings is 3. The van der Waals surface area contributed by atoms with Crippen molar-refractivity contribution >= 4 is 40.8 Å². The van der Waals surface area contributed by atoms with Gasteiger partial charge < -0.3 is 0 Å². The van der Waals surface area contributed by atoms with Crippen LogP contribution >= 0.6 is 11.6 Å². The Hall–Kier alpha value is -3.61. The van der Waals surface area contributed by atoms with Gasteiger partial charge >= 0.3 is 0 Å². The fourth-order valence-corrected chi connectivity index (χ4v) is 4.52. The number of anilines is 2. The van der Waals surface area contributed by atoms with E-state index < -0.39 is 0 Å². The molecule has 0 unspecified atom stereocenters. The third-order valence-corrected chi connectivity index (χ3v) is 6.83. The number of oxime groups is 1. The lowest BCUT2D eigenvalue weighted by Gasteiger charge is -2.25. The first-order valence-corrected chi connectivity index (χ1v) is 11.1. The third kappa shape index (κ3) is 3.30. The molecule has 0 aromatic heterocycles. The number of carbonyl (C=O) groups is 1. The van der Waals surface area contributed by atoms with Crippen LogP contribution in [-0.4, -0.2) is 17.0 Å². The fraction of sp³-hybridized carbons (Fsp3) is 0.154. The van der Waals surface area contributed by atoms with Crippen molar-refractivity contribution in [2.24, 2.45) is 5.16 Å². The van der Waals surface area contributed by atoms with Crippen LogP contribution in [0.5, 0.6) is 0 Å². The minimum atomic E-state index is -0.248. The molecule has 0 spiro atoms. The summed E-state index contributed by atoms with van der Waals surface area (Å²) in [6.45, 7) is 8.07. The van der Waals surface area contributed by atoms with Gasteiger partial charge in [-0.05, 0) is 78.9 Å². The number of nitrogens with zero attached hydrogens (tertiary/aromatic N) is 4. The number of hydrazine groups is 2. The van der Waals surface area contributed by atoms with Crippen molar-refractivity contribution in [3.8, 4) is 0 Å². The molecule has 0 atom stereocenters. The van der Waals surface area contributed by atoms with Crippen molar-refractivity contribution in [2.75, 3.05) is 10.0 Å². The number of fused-ring (bicyclic) bond motifs is 3. The topological polar surface area (TPSA) is 48.4 Å². The molecule has 5 rings (SSSR count). The first kappa shape index (κ1) is 21.2. The van der Waals surface area contributed by atoms with Gasteiger partial charge in [0.05, 0.1) is 16.7 Å². The highest BCUT2D eigenvalue weighted by molar-refractivity contribution is 6.32. The van der Waals surface area contributed by atoms with Crippen molar-refractivity contribution < 1.29 is 9.73 Å². The van der Waals surface area contributed by atoms with E-state index in [1.807, 2.05) is 87.3 Å². The Labute approximate surface area is 197 Å². The summed E-state index contributed by atoms with van der Waals surface area (Å²) in [5.41, 5.74) is 7.46. The second-order valence-corrected chi connectivity index (χ2v) is 8.51. The van der Waals surface area contributed by atoms with E-state index in [1.165, 1.54) is 16.4 Å². The number of halogens is 1. The van der Waals surface area contributed by atoms with Crippen LogP contribution in [0.25, 0.3) is 6.08 Å². The normalized spacial score (nSPS) is 15.0. The summed E-state index contributed by atoms with van der Waals surface area (Å²) in [4.78, 5) is 19.0. The maximum absolute atomic E-state index is 13.3. The fourth-order valence-electron chi connectivity index (χ4n) is 4.24. The predicted octanol–water partition coefficient (Wildman–Crippen LogP) is 5.88. The van der Waals surface area contributed by atoms with Crippen molar-refractivity contribution in [2.45, 2.75) is 27.7 Å². The van der Waals surface area contributed by atoms with Gasteiger partial charge in [0.2, 0.25) is 5.84 Å². The lowest BCUT2D eigenvalue weighted by molar-refractivity contribution is -0.155. The Morgan fingerprint density at radius 1 is 0.879 bits per heavy atom. The molecule has 6 nitrogen and oxygen atoms in total. The van der Waals surface area contributed by atoms with E-state index in [2.05, 4.69) is 5.16 Å². The number of amidine groups is 1. The van der Waals surface area contributed by atoms with E-state index in [0.29, 0.717) is 11.5 Å². The largest absolute Gasteiger partial charge is 0.269 e. The monoisotopic (exact) mass is 458 g/mol. The average Bonchev–Trinajstić information content (AvgIpc) is 3.39. The van der Waals surface area contributed by atoms with E-state index in [-0.39, 0.29) is 5.91 Å². The third-order valence-electron chi connectivity index (χ3n) is 6.27. The molecule has 0 saturated heterocycles. The van der Waals surface area contributed by atoms with E-state index in [0.717, 1.165) is 44.1 Å². The zero-order chi connectivity index (χ0) is 23.3. The minimum Gasteiger partial charge on any atom is -0.268 e. The molecule has 0 aliphatic carbocycles. The van der Waals surface area contributed by atoms with Crippen LogP contribution in [0.3, 0.4) is 0 Å². The number of para-hydroxylation sites is 2.